The average Bonchev–Trinajstić information content (AvgIpc) is 2.79. The number of hydrogen-bond donors (Lipinski definition) is 1. The third-order valence-electron chi connectivity index (χ3n) is 5.70. The molecule has 1 fully saturated rings. The predicted octanol–water partition coefficient (Wildman–Crippen LogP) is 3.61. The maximum atomic E-state index is 11.4. The van der Waals surface area contributed by atoms with Gasteiger partial charge in [0.15, 0.2) is 11.5 Å². The molecule has 0 saturated carbocycles. The fourth-order valence-corrected chi connectivity index (χ4v) is 4.06. The number of aliphatic carboxylic acids is 1. The van der Waals surface area contributed by atoms with Crippen molar-refractivity contribution in [1.29, 1.82) is 0 Å². The van der Waals surface area contributed by atoms with Crippen LogP contribution in [0.3, 0.4) is 0 Å². The number of piperidine rings is 1. The first-order valence-corrected chi connectivity index (χ1v) is 9.93. The van der Waals surface area contributed by atoms with E-state index in [1.807, 2.05) is 36.4 Å². The highest BCUT2D eigenvalue weighted by Crippen LogP contribution is 2.41. The van der Waals surface area contributed by atoms with E-state index < -0.39 is 5.97 Å². The van der Waals surface area contributed by atoms with Gasteiger partial charge in [-0.2, -0.15) is 0 Å². The molecular weight excluding hydrogens is 386 g/mol. The second-order valence-corrected chi connectivity index (χ2v) is 7.27. The number of hydrogen-bond acceptors (Lipinski definition) is 6. The van der Waals surface area contributed by atoms with Gasteiger partial charge in [-0.1, -0.05) is 6.07 Å². The molecule has 2 aromatic carbocycles. The van der Waals surface area contributed by atoms with Gasteiger partial charge in [-0.3, -0.25) is 9.69 Å². The highest BCUT2D eigenvalue weighted by molar-refractivity contribution is 5.70. The summed E-state index contributed by atoms with van der Waals surface area (Å²) in [7, 11) is 6.48. The van der Waals surface area contributed by atoms with Gasteiger partial charge in [0.2, 0.25) is 0 Å². The molecule has 0 bridgehead atoms. The first-order chi connectivity index (χ1) is 14.5. The Morgan fingerprint density at radius 1 is 0.900 bits per heavy atom. The zero-order valence-electron chi connectivity index (χ0n) is 17.9. The summed E-state index contributed by atoms with van der Waals surface area (Å²) < 4.78 is 22.0. The Bertz CT molecular complexity index is 876. The molecule has 7 nitrogen and oxygen atoms in total. The van der Waals surface area contributed by atoms with Crippen LogP contribution in [0.15, 0.2) is 36.4 Å². The normalized spacial score (nSPS) is 16.0. The Balaban J connectivity index is 2.05. The predicted molar refractivity (Wildman–Crippen MR) is 113 cm³/mol. The van der Waals surface area contributed by atoms with E-state index in [1.54, 1.807) is 28.4 Å². The molecule has 1 saturated heterocycles. The summed E-state index contributed by atoms with van der Waals surface area (Å²) in [5.74, 6) is 1.71. The minimum absolute atomic E-state index is 0.125. The van der Waals surface area contributed by atoms with Crippen molar-refractivity contribution in [3.05, 3.63) is 47.5 Å². The van der Waals surface area contributed by atoms with Crippen LogP contribution in [-0.2, 0) is 4.79 Å². The second kappa shape index (κ2) is 9.71. The summed E-state index contributed by atoms with van der Waals surface area (Å²) in [6.45, 7) is 1.34. The third kappa shape index (κ3) is 4.46. The van der Waals surface area contributed by atoms with Gasteiger partial charge in [0.05, 0.1) is 40.4 Å². The second-order valence-electron chi connectivity index (χ2n) is 7.27. The molecule has 0 amide bonds. The molecule has 0 aromatic heterocycles. The van der Waals surface area contributed by atoms with Crippen molar-refractivity contribution in [2.24, 2.45) is 5.92 Å². The highest BCUT2D eigenvalue weighted by Gasteiger charge is 2.32. The summed E-state index contributed by atoms with van der Waals surface area (Å²) in [4.78, 5) is 13.7. The number of rotatable bonds is 8. The zero-order chi connectivity index (χ0) is 21.7. The SMILES string of the molecule is COc1ccc(C(c2ccc(OC)c(OC)c2)N2CCC(C(=O)O)CC2)c(OC)c1. The van der Waals surface area contributed by atoms with Gasteiger partial charge in [0.1, 0.15) is 11.5 Å². The van der Waals surface area contributed by atoms with Crippen molar-refractivity contribution in [2.75, 3.05) is 41.5 Å². The lowest BCUT2D eigenvalue weighted by Crippen LogP contribution is -2.39. The van der Waals surface area contributed by atoms with Crippen molar-refractivity contribution in [2.45, 2.75) is 18.9 Å². The minimum Gasteiger partial charge on any atom is -0.497 e. The molecule has 0 spiro atoms. The molecule has 162 valence electrons. The Labute approximate surface area is 177 Å². The molecule has 0 radical (unpaired) electrons. The number of likely N-dealkylation sites (tertiary alicyclic amines) is 1. The maximum absolute atomic E-state index is 11.4. The van der Waals surface area contributed by atoms with Crippen molar-refractivity contribution in [3.63, 3.8) is 0 Å². The topological polar surface area (TPSA) is 77.5 Å². The zero-order valence-corrected chi connectivity index (χ0v) is 17.9. The van der Waals surface area contributed by atoms with E-state index in [0.717, 1.165) is 16.9 Å². The molecule has 3 rings (SSSR count). The van der Waals surface area contributed by atoms with Gasteiger partial charge >= 0.3 is 5.97 Å². The van der Waals surface area contributed by atoms with E-state index in [9.17, 15) is 9.90 Å². The number of ether oxygens (including phenoxy) is 4. The Morgan fingerprint density at radius 2 is 1.57 bits per heavy atom. The van der Waals surface area contributed by atoms with Crippen LogP contribution in [0, 0.1) is 5.92 Å². The molecule has 1 heterocycles. The van der Waals surface area contributed by atoms with Crippen LogP contribution in [0.25, 0.3) is 0 Å². The van der Waals surface area contributed by atoms with Crippen LogP contribution in [0.1, 0.15) is 30.0 Å². The summed E-state index contributed by atoms with van der Waals surface area (Å²) in [5.41, 5.74) is 2.00. The van der Waals surface area contributed by atoms with Crippen LogP contribution in [0.5, 0.6) is 23.0 Å². The van der Waals surface area contributed by atoms with E-state index in [-0.39, 0.29) is 12.0 Å². The van der Waals surface area contributed by atoms with Crippen LogP contribution in [0.2, 0.25) is 0 Å². The number of nitrogens with zero attached hydrogens (tertiary/aromatic N) is 1. The Kier molecular flexibility index (Phi) is 7.05. The molecule has 1 atom stereocenters. The van der Waals surface area contributed by atoms with E-state index in [4.69, 9.17) is 18.9 Å². The van der Waals surface area contributed by atoms with Crippen molar-refractivity contribution >= 4 is 5.97 Å². The van der Waals surface area contributed by atoms with E-state index in [0.29, 0.717) is 43.2 Å². The highest BCUT2D eigenvalue weighted by atomic mass is 16.5. The van der Waals surface area contributed by atoms with E-state index in [1.165, 1.54) is 0 Å². The van der Waals surface area contributed by atoms with Crippen molar-refractivity contribution in [3.8, 4) is 23.0 Å². The van der Waals surface area contributed by atoms with Gasteiger partial charge in [-0.25, -0.2) is 0 Å². The van der Waals surface area contributed by atoms with Crippen LogP contribution < -0.4 is 18.9 Å². The molecule has 0 aliphatic carbocycles. The molecule has 1 unspecified atom stereocenters. The smallest absolute Gasteiger partial charge is 0.306 e. The largest absolute Gasteiger partial charge is 0.497 e. The quantitative estimate of drug-likeness (QED) is 0.706. The van der Waals surface area contributed by atoms with Crippen molar-refractivity contribution < 1.29 is 28.8 Å². The Hall–Kier alpha value is -2.93. The molecule has 30 heavy (non-hydrogen) atoms. The van der Waals surface area contributed by atoms with Crippen molar-refractivity contribution in [1.82, 2.24) is 4.90 Å². The van der Waals surface area contributed by atoms with Gasteiger partial charge in [-0.15, -0.1) is 0 Å². The lowest BCUT2D eigenvalue weighted by molar-refractivity contribution is -0.143. The lowest BCUT2D eigenvalue weighted by atomic mass is 9.90. The molecule has 7 heteroatoms. The number of methoxy groups -OCH3 is 4. The number of carboxylic acids is 1. The number of carbonyl (C=O) groups is 1. The fraction of sp³-hybridized carbons (Fsp3) is 0.435. The number of carboxylic acid groups (broad SMARTS) is 1. The van der Waals surface area contributed by atoms with Crippen LogP contribution in [-0.4, -0.2) is 57.5 Å². The molecule has 1 N–H and O–H groups in total. The van der Waals surface area contributed by atoms with E-state index >= 15 is 0 Å². The maximum Gasteiger partial charge on any atom is 0.306 e. The number of benzene rings is 2. The summed E-state index contributed by atoms with van der Waals surface area (Å²) >= 11 is 0. The molecular formula is C23H29NO6. The lowest BCUT2D eigenvalue weighted by Gasteiger charge is -2.37. The summed E-state index contributed by atoms with van der Waals surface area (Å²) in [6.07, 6.45) is 1.22. The standard InChI is InChI=1S/C23H29NO6/c1-27-17-6-7-18(20(14-17)29-3)22(24-11-9-15(10-12-24)23(25)26)16-5-8-19(28-2)21(13-16)30-4/h5-8,13-15,22H,9-12H2,1-4H3,(H,25,26). The molecule has 1 aliphatic heterocycles. The van der Waals surface area contributed by atoms with Gasteiger partial charge in [-0.05, 0) is 55.8 Å². The van der Waals surface area contributed by atoms with Crippen LogP contribution >= 0.6 is 0 Å². The summed E-state index contributed by atoms with van der Waals surface area (Å²) in [6, 6.07) is 11.5. The molecule has 2 aromatic rings. The van der Waals surface area contributed by atoms with Gasteiger partial charge < -0.3 is 24.1 Å². The molecule has 1 aliphatic rings. The minimum atomic E-state index is -0.723. The third-order valence-corrected chi connectivity index (χ3v) is 5.70. The average molecular weight is 415 g/mol. The fourth-order valence-electron chi connectivity index (χ4n) is 4.06. The van der Waals surface area contributed by atoms with Gasteiger partial charge in [0, 0.05) is 11.6 Å². The first-order valence-electron chi connectivity index (χ1n) is 9.93. The first kappa shape index (κ1) is 21.8. The van der Waals surface area contributed by atoms with Gasteiger partial charge in [0.25, 0.3) is 0 Å². The monoisotopic (exact) mass is 415 g/mol. The van der Waals surface area contributed by atoms with E-state index in [2.05, 4.69) is 4.90 Å². The Morgan fingerprint density at radius 3 is 2.13 bits per heavy atom. The van der Waals surface area contributed by atoms with Crippen LogP contribution in [0.4, 0.5) is 0 Å². The summed E-state index contributed by atoms with van der Waals surface area (Å²) in [5, 5.41) is 9.38.